The third kappa shape index (κ3) is 2.98. The van der Waals surface area contributed by atoms with Gasteiger partial charge in [0.25, 0.3) is 0 Å². The number of carbonyl (C=O) groups excluding carboxylic acids is 1. The Morgan fingerprint density at radius 2 is 2.11 bits per heavy atom. The average molecular weight is 259 g/mol. The van der Waals surface area contributed by atoms with Crippen LogP contribution in [-0.4, -0.2) is 25.2 Å². The van der Waals surface area contributed by atoms with Gasteiger partial charge in [-0.05, 0) is 31.2 Å². The molecule has 2 fully saturated rings. The van der Waals surface area contributed by atoms with Gasteiger partial charge in [-0.2, -0.15) is 0 Å². The van der Waals surface area contributed by atoms with Crippen molar-refractivity contribution in [3.05, 3.63) is 35.9 Å². The Bertz CT molecular complexity index is 433. The first-order valence-electron chi connectivity index (χ1n) is 7.22. The molecule has 0 radical (unpaired) electrons. The molecule has 1 aliphatic heterocycles. The average Bonchev–Trinajstić information content (AvgIpc) is 3.08. The summed E-state index contributed by atoms with van der Waals surface area (Å²) in [5, 5.41) is 3.09. The molecule has 0 aromatic heterocycles. The number of benzene rings is 1. The Morgan fingerprint density at radius 3 is 2.74 bits per heavy atom. The monoisotopic (exact) mass is 259 g/mol. The number of rotatable bonds is 5. The van der Waals surface area contributed by atoms with E-state index in [1.807, 2.05) is 6.07 Å². The van der Waals surface area contributed by atoms with Gasteiger partial charge in [0.2, 0.25) is 5.91 Å². The van der Waals surface area contributed by atoms with Crippen molar-refractivity contribution in [2.75, 3.05) is 13.2 Å². The van der Waals surface area contributed by atoms with E-state index in [0.717, 1.165) is 26.0 Å². The van der Waals surface area contributed by atoms with Gasteiger partial charge < -0.3 is 10.1 Å². The smallest absolute Gasteiger partial charge is 0.222 e. The van der Waals surface area contributed by atoms with E-state index in [1.54, 1.807) is 0 Å². The molecule has 1 heterocycles. The van der Waals surface area contributed by atoms with Crippen molar-refractivity contribution < 1.29 is 9.53 Å². The van der Waals surface area contributed by atoms with Crippen LogP contribution in [0, 0.1) is 0 Å². The van der Waals surface area contributed by atoms with E-state index in [4.69, 9.17) is 4.74 Å². The lowest BCUT2D eigenvalue weighted by atomic mass is 9.96. The molecule has 0 unspecified atom stereocenters. The molecule has 1 saturated heterocycles. The maximum atomic E-state index is 11.9. The van der Waals surface area contributed by atoms with E-state index >= 15 is 0 Å². The zero-order valence-corrected chi connectivity index (χ0v) is 11.2. The van der Waals surface area contributed by atoms with Gasteiger partial charge in [-0.25, -0.2) is 0 Å². The van der Waals surface area contributed by atoms with Gasteiger partial charge in [-0.15, -0.1) is 0 Å². The second kappa shape index (κ2) is 5.33. The van der Waals surface area contributed by atoms with Gasteiger partial charge in [0, 0.05) is 18.6 Å². The van der Waals surface area contributed by atoms with Crippen LogP contribution in [0.2, 0.25) is 0 Å². The van der Waals surface area contributed by atoms with E-state index in [1.165, 1.54) is 18.4 Å². The molecule has 1 aromatic rings. The largest absolute Gasteiger partial charge is 0.378 e. The maximum absolute atomic E-state index is 11.9. The van der Waals surface area contributed by atoms with Gasteiger partial charge >= 0.3 is 0 Å². The second-order valence-corrected chi connectivity index (χ2v) is 5.76. The number of ether oxygens (including phenoxy) is 1. The summed E-state index contributed by atoms with van der Waals surface area (Å²) < 4.78 is 5.49. The van der Waals surface area contributed by atoms with Crippen molar-refractivity contribution in [3.8, 4) is 0 Å². The normalized spacial score (nSPS) is 24.1. The molecule has 1 N–H and O–H groups in total. The molecule has 1 saturated carbocycles. The first-order chi connectivity index (χ1) is 9.28. The highest BCUT2D eigenvalue weighted by atomic mass is 16.5. The van der Waals surface area contributed by atoms with Crippen LogP contribution in [-0.2, 0) is 14.9 Å². The Morgan fingerprint density at radius 1 is 1.32 bits per heavy atom. The Kier molecular flexibility index (Phi) is 3.56. The van der Waals surface area contributed by atoms with Crippen LogP contribution in [0.25, 0.3) is 0 Å². The first-order valence-corrected chi connectivity index (χ1v) is 7.22. The number of amides is 1. The summed E-state index contributed by atoms with van der Waals surface area (Å²) in [5.41, 5.74) is 1.56. The first kappa shape index (κ1) is 12.7. The van der Waals surface area contributed by atoms with E-state index in [-0.39, 0.29) is 17.4 Å². The summed E-state index contributed by atoms with van der Waals surface area (Å²) in [7, 11) is 0. The Balaban J connectivity index is 1.50. The highest BCUT2D eigenvalue weighted by Crippen LogP contribution is 2.47. The highest BCUT2D eigenvalue weighted by molar-refractivity contribution is 5.76. The fourth-order valence-corrected chi connectivity index (χ4v) is 2.86. The molecule has 0 spiro atoms. The number of hydrogen-bond donors (Lipinski definition) is 1. The second-order valence-electron chi connectivity index (χ2n) is 5.76. The molecule has 19 heavy (non-hydrogen) atoms. The van der Waals surface area contributed by atoms with Gasteiger partial charge in [-0.3, -0.25) is 4.79 Å². The molecule has 1 aliphatic carbocycles. The lowest BCUT2D eigenvalue weighted by Crippen LogP contribution is -2.34. The van der Waals surface area contributed by atoms with E-state index in [2.05, 4.69) is 29.6 Å². The fraction of sp³-hybridized carbons (Fsp3) is 0.562. The van der Waals surface area contributed by atoms with Crippen LogP contribution >= 0.6 is 0 Å². The molecule has 102 valence electrons. The molecule has 3 heteroatoms. The van der Waals surface area contributed by atoms with Crippen LogP contribution in [0.15, 0.2) is 30.3 Å². The molecule has 3 rings (SSSR count). The van der Waals surface area contributed by atoms with Crippen LogP contribution in [0.1, 0.15) is 37.7 Å². The summed E-state index contributed by atoms with van der Waals surface area (Å²) >= 11 is 0. The topological polar surface area (TPSA) is 38.3 Å². The van der Waals surface area contributed by atoms with Crippen molar-refractivity contribution >= 4 is 5.91 Å². The Hall–Kier alpha value is -1.35. The van der Waals surface area contributed by atoms with Crippen LogP contribution in [0.3, 0.4) is 0 Å². The predicted octanol–water partition coefficient (Wildman–Crippen LogP) is 2.40. The summed E-state index contributed by atoms with van der Waals surface area (Å²) in [5.74, 6) is 0.133. The zero-order chi connectivity index (χ0) is 13.1. The third-order valence-corrected chi connectivity index (χ3v) is 4.30. The molecule has 2 aliphatic rings. The molecule has 1 amide bonds. The molecule has 1 aromatic carbocycles. The van der Waals surface area contributed by atoms with Gasteiger partial charge in [-0.1, -0.05) is 30.3 Å². The van der Waals surface area contributed by atoms with Gasteiger partial charge in [0.15, 0.2) is 0 Å². The molecular formula is C16H21NO2. The number of nitrogens with one attached hydrogen (secondary N) is 1. The number of carbonyl (C=O) groups is 1. The molecule has 3 nitrogen and oxygen atoms in total. The zero-order valence-electron chi connectivity index (χ0n) is 11.2. The van der Waals surface area contributed by atoms with Crippen LogP contribution < -0.4 is 5.32 Å². The maximum Gasteiger partial charge on any atom is 0.222 e. The lowest BCUT2D eigenvalue weighted by Gasteiger charge is -2.17. The van der Waals surface area contributed by atoms with E-state index < -0.39 is 0 Å². The summed E-state index contributed by atoms with van der Waals surface area (Å²) in [6.07, 6.45) is 5.13. The van der Waals surface area contributed by atoms with Crippen molar-refractivity contribution in [1.82, 2.24) is 5.32 Å². The summed E-state index contributed by atoms with van der Waals surface area (Å²) in [6.45, 7) is 1.58. The molecule has 0 bridgehead atoms. The molecular weight excluding hydrogens is 238 g/mol. The summed E-state index contributed by atoms with van der Waals surface area (Å²) in [6, 6.07) is 10.5. The molecule has 1 atom stereocenters. The van der Waals surface area contributed by atoms with Gasteiger partial charge in [0.05, 0.1) is 12.5 Å². The minimum atomic E-state index is 0.133. The van der Waals surface area contributed by atoms with E-state index in [9.17, 15) is 4.79 Å². The van der Waals surface area contributed by atoms with Crippen LogP contribution in [0.5, 0.6) is 0 Å². The van der Waals surface area contributed by atoms with Gasteiger partial charge in [0.1, 0.15) is 0 Å². The standard InChI is InChI=1S/C16H21NO2/c18-15(11-14-7-4-10-19-14)17-12-16(8-9-16)13-5-2-1-3-6-13/h1-3,5-6,14H,4,7-12H2,(H,17,18)/t14-/m0/s1. The Labute approximate surface area is 114 Å². The highest BCUT2D eigenvalue weighted by Gasteiger charge is 2.44. The van der Waals surface area contributed by atoms with Crippen molar-refractivity contribution in [3.63, 3.8) is 0 Å². The number of hydrogen-bond acceptors (Lipinski definition) is 2. The quantitative estimate of drug-likeness (QED) is 0.882. The SMILES string of the molecule is O=C(C[C@@H]1CCCO1)NCC1(c2ccccc2)CC1. The fourth-order valence-electron chi connectivity index (χ4n) is 2.86. The lowest BCUT2D eigenvalue weighted by molar-refractivity contribution is -0.123. The van der Waals surface area contributed by atoms with Crippen molar-refractivity contribution in [2.45, 2.75) is 43.6 Å². The predicted molar refractivity (Wildman–Crippen MR) is 74.0 cm³/mol. The summed E-state index contributed by atoms with van der Waals surface area (Å²) in [4.78, 5) is 11.9. The van der Waals surface area contributed by atoms with E-state index in [0.29, 0.717) is 6.42 Å². The third-order valence-electron chi connectivity index (χ3n) is 4.30. The van der Waals surface area contributed by atoms with Crippen molar-refractivity contribution in [1.29, 1.82) is 0 Å². The van der Waals surface area contributed by atoms with Crippen LogP contribution in [0.4, 0.5) is 0 Å². The minimum Gasteiger partial charge on any atom is -0.378 e. The van der Waals surface area contributed by atoms with Crippen molar-refractivity contribution in [2.24, 2.45) is 0 Å². The minimum absolute atomic E-state index is 0.133.